The van der Waals surface area contributed by atoms with E-state index in [1.807, 2.05) is 19.2 Å². The van der Waals surface area contributed by atoms with E-state index >= 15 is 0 Å². The molecule has 106 valence electrons. The molecule has 1 aliphatic carbocycles. The molecule has 2 N–H and O–H groups in total. The van der Waals surface area contributed by atoms with Crippen molar-refractivity contribution in [2.75, 3.05) is 5.73 Å². The maximum atomic E-state index is 6.25. The van der Waals surface area contributed by atoms with Gasteiger partial charge in [-0.15, -0.1) is 11.3 Å². The summed E-state index contributed by atoms with van der Waals surface area (Å²) in [5, 5.41) is 1.09. The van der Waals surface area contributed by atoms with Crippen LogP contribution in [0.5, 0.6) is 0 Å². The van der Waals surface area contributed by atoms with Crippen LogP contribution >= 0.6 is 11.3 Å². The number of hydrogen-bond donors (Lipinski definition) is 1. The number of rotatable bonds is 1. The van der Waals surface area contributed by atoms with Crippen LogP contribution in [0.15, 0.2) is 18.5 Å². The molecule has 21 heavy (non-hydrogen) atoms. The number of thiophene rings is 1. The van der Waals surface area contributed by atoms with Crippen LogP contribution < -0.4 is 5.73 Å². The Balaban J connectivity index is 1.96. The summed E-state index contributed by atoms with van der Waals surface area (Å²) in [6, 6.07) is 1.95. The van der Waals surface area contributed by atoms with Crippen molar-refractivity contribution < 1.29 is 0 Å². The van der Waals surface area contributed by atoms with E-state index in [1.54, 1.807) is 17.5 Å². The number of nitrogens with two attached hydrogens (primary N) is 1. The highest BCUT2D eigenvalue weighted by Gasteiger charge is 2.20. The van der Waals surface area contributed by atoms with Gasteiger partial charge in [0, 0.05) is 22.8 Å². The maximum Gasteiger partial charge on any atom is 0.163 e. The Morgan fingerprint density at radius 1 is 1.19 bits per heavy atom. The fraction of sp³-hybridized carbons (Fsp3) is 0.312. The molecular weight excluding hydrogens is 280 g/mol. The van der Waals surface area contributed by atoms with Crippen molar-refractivity contribution in [2.45, 2.75) is 32.6 Å². The predicted molar refractivity (Wildman–Crippen MR) is 86.4 cm³/mol. The Labute approximate surface area is 127 Å². The minimum atomic E-state index is 0.616. The summed E-state index contributed by atoms with van der Waals surface area (Å²) in [6.45, 7) is 2.02. The highest BCUT2D eigenvalue weighted by molar-refractivity contribution is 7.19. The van der Waals surface area contributed by atoms with Crippen LogP contribution in [-0.4, -0.2) is 15.0 Å². The van der Waals surface area contributed by atoms with Crippen LogP contribution in [0.2, 0.25) is 0 Å². The number of anilines is 1. The SMILES string of the molecule is Cc1cnccc1-c1nc(N)c2c3c(sc2n1)CCCC3. The molecule has 0 bridgehead atoms. The van der Waals surface area contributed by atoms with Crippen LogP contribution in [0.4, 0.5) is 5.82 Å². The van der Waals surface area contributed by atoms with E-state index in [2.05, 4.69) is 9.97 Å². The Morgan fingerprint density at radius 2 is 2.05 bits per heavy atom. The van der Waals surface area contributed by atoms with Gasteiger partial charge >= 0.3 is 0 Å². The first-order chi connectivity index (χ1) is 10.2. The molecule has 4 rings (SSSR count). The molecule has 3 aromatic heterocycles. The van der Waals surface area contributed by atoms with Crippen LogP contribution in [0.1, 0.15) is 28.8 Å². The average molecular weight is 296 g/mol. The van der Waals surface area contributed by atoms with Crippen molar-refractivity contribution in [1.29, 1.82) is 0 Å². The molecule has 0 unspecified atom stereocenters. The number of hydrogen-bond acceptors (Lipinski definition) is 5. The lowest BCUT2D eigenvalue weighted by Crippen LogP contribution is -2.02. The van der Waals surface area contributed by atoms with E-state index in [9.17, 15) is 0 Å². The van der Waals surface area contributed by atoms with Crippen LogP contribution in [0.25, 0.3) is 21.6 Å². The van der Waals surface area contributed by atoms with E-state index in [0.717, 1.165) is 34.2 Å². The second-order valence-corrected chi connectivity index (χ2v) is 6.60. The molecule has 0 aromatic carbocycles. The zero-order valence-electron chi connectivity index (χ0n) is 11.9. The summed E-state index contributed by atoms with van der Waals surface area (Å²) in [7, 11) is 0. The normalized spacial score (nSPS) is 14.3. The van der Waals surface area contributed by atoms with Crippen molar-refractivity contribution in [2.24, 2.45) is 0 Å². The monoisotopic (exact) mass is 296 g/mol. The highest BCUT2D eigenvalue weighted by Crippen LogP contribution is 2.38. The summed E-state index contributed by atoms with van der Waals surface area (Å²) >= 11 is 1.78. The number of nitrogens with zero attached hydrogens (tertiary/aromatic N) is 3. The molecule has 0 atom stereocenters. The molecule has 0 saturated carbocycles. The molecule has 1 aliphatic rings. The number of aryl methyl sites for hydroxylation is 3. The Bertz CT molecular complexity index is 838. The molecule has 0 spiro atoms. The first-order valence-corrected chi connectivity index (χ1v) is 8.04. The lowest BCUT2D eigenvalue weighted by molar-refractivity contribution is 0.700. The van der Waals surface area contributed by atoms with Crippen LogP contribution in [0.3, 0.4) is 0 Å². The van der Waals surface area contributed by atoms with E-state index < -0.39 is 0 Å². The van der Waals surface area contributed by atoms with Crippen molar-refractivity contribution in [3.63, 3.8) is 0 Å². The zero-order valence-corrected chi connectivity index (χ0v) is 12.7. The van der Waals surface area contributed by atoms with Gasteiger partial charge in [0.1, 0.15) is 10.6 Å². The molecular formula is C16H16N4S. The fourth-order valence-corrected chi connectivity index (χ4v) is 4.30. The molecule has 0 aliphatic heterocycles. The van der Waals surface area contributed by atoms with Crippen LogP contribution in [0, 0.1) is 6.92 Å². The van der Waals surface area contributed by atoms with Crippen LogP contribution in [-0.2, 0) is 12.8 Å². The average Bonchev–Trinajstić information content (AvgIpc) is 2.86. The van der Waals surface area contributed by atoms with Gasteiger partial charge in [0.25, 0.3) is 0 Å². The number of fused-ring (bicyclic) bond motifs is 3. The zero-order chi connectivity index (χ0) is 14.4. The Kier molecular flexibility index (Phi) is 2.89. The third kappa shape index (κ3) is 2.00. The van der Waals surface area contributed by atoms with E-state index in [0.29, 0.717) is 11.6 Å². The third-order valence-electron chi connectivity index (χ3n) is 4.10. The van der Waals surface area contributed by atoms with Gasteiger partial charge in [-0.3, -0.25) is 4.98 Å². The molecule has 3 heterocycles. The minimum absolute atomic E-state index is 0.616. The Hall–Kier alpha value is -2.01. The lowest BCUT2D eigenvalue weighted by atomic mass is 9.97. The number of pyridine rings is 1. The van der Waals surface area contributed by atoms with Gasteiger partial charge in [-0.25, -0.2) is 9.97 Å². The van der Waals surface area contributed by atoms with Gasteiger partial charge in [0.2, 0.25) is 0 Å². The lowest BCUT2D eigenvalue weighted by Gasteiger charge is -2.11. The number of nitrogen functional groups attached to an aromatic ring is 1. The van der Waals surface area contributed by atoms with Gasteiger partial charge < -0.3 is 5.73 Å². The van der Waals surface area contributed by atoms with E-state index in [1.165, 1.54) is 23.3 Å². The maximum absolute atomic E-state index is 6.25. The van der Waals surface area contributed by atoms with Crippen molar-refractivity contribution in [3.8, 4) is 11.4 Å². The van der Waals surface area contributed by atoms with E-state index in [4.69, 9.17) is 10.7 Å². The first-order valence-electron chi connectivity index (χ1n) is 7.23. The quantitative estimate of drug-likeness (QED) is 0.746. The highest BCUT2D eigenvalue weighted by atomic mass is 32.1. The van der Waals surface area contributed by atoms with E-state index in [-0.39, 0.29) is 0 Å². The second-order valence-electron chi connectivity index (χ2n) is 5.51. The topological polar surface area (TPSA) is 64.7 Å². The van der Waals surface area contributed by atoms with Gasteiger partial charge in [-0.2, -0.15) is 0 Å². The fourth-order valence-electron chi connectivity index (χ4n) is 3.03. The van der Waals surface area contributed by atoms with Crippen molar-refractivity contribution >= 4 is 27.4 Å². The molecule has 0 fully saturated rings. The first kappa shape index (κ1) is 12.7. The Morgan fingerprint density at radius 3 is 2.90 bits per heavy atom. The summed E-state index contributed by atoms with van der Waals surface area (Å²) in [5.74, 6) is 1.32. The molecule has 3 aromatic rings. The second kappa shape index (κ2) is 4.77. The van der Waals surface area contributed by atoms with Gasteiger partial charge in [0.05, 0.1) is 5.39 Å². The minimum Gasteiger partial charge on any atom is -0.383 e. The molecule has 0 radical (unpaired) electrons. The standard InChI is InChI=1S/C16H16N4S/c1-9-8-18-7-6-10(9)15-19-14(17)13-11-4-2-3-5-12(11)21-16(13)20-15/h6-8H,2-5H2,1H3,(H2,17,19,20). The van der Waals surface area contributed by atoms with Crippen molar-refractivity contribution in [3.05, 3.63) is 34.5 Å². The van der Waals surface area contributed by atoms with Gasteiger partial charge in [-0.1, -0.05) is 0 Å². The predicted octanol–water partition coefficient (Wildman–Crippen LogP) is 3.52. The molecule has 4 nitrogen and oxygen atoms in total. The number of aromatic nitrogens is 3. The molecule has 5 heteroatoms. The molecule has 0 saturated heterocycles. The summed E-state index contributed by atoms with van der Waals surface area (Å²) in [6.07, 6.45) is 8.37. The largest absolute Gasteiger partial charge is 0.383 e. The molecule has 0 amide bonds. The third-order valence-corrected chi connectivity index (χ3v) is 5.29. The van der Waals surface area contributed by atoms with Gasteiger partial charge in [0.15, 0.2) is 5.82 Å². The van der Waals surface area contributed by atoms with Crippen molar-refractivity contribution in [1.82, 2.24) is 15.0 Å². The smallest absolute Gasteiger partial charge is 0.163 e. The summed E-state index contributed by atoms with van der Waals surface area (Å²) in [5.41, 5.74) is 9.71. The summed E-state index contributed by atoms with van der Waals surface area (Å²) < 4.78 is 0. The van der Waals surface area contributed by atoms with Gasteiger partial charge in [-0.05, 0) is 49.8 Å². The summed E-state index contributed by atoms with van der Waals surface area (Å²) in [4.78, 5) is 15.9.